The first-order chi connectivity index (χ1) is 15.2. The van der Waals surface area contributed by atoms with Crippen LogP contribution in [0.5, 0.6) is 11.5 Å². The molecular weight excluding hydrogens is 438 g/mol. The zero-order valence-corrected chi connectivity index (χ0v) is 19.0. The summed E-state index contributed by atoms with van der Waals surface area (Å²) < 4.78 is 38.4. The number of oxime groups is 1. The van der Waals surface area contributed by atoms with Crippen LogP contribution in [0.2, 0.25) is 0 Å². The Morgan fingerprint density at radius 2 is 1.62 bits per heavy atom. The van der Waals surface area contributed by atoms with Crippen molar-refractivity contribution in [1.29, 1.82) is 0 Å². The lowest BCUT2D eigenvalue weighted by Crippen LogP contribution is -2.26. The number of aliphatic carboxylic acids is 1. The number of hydrogen-bond donors (Lipinski definition) is 1. The lowest BCUT2D eigenvalue weighted by atomic mass is 10.1. The van der Waals surface area contributed by atoms with Crippen LogP contribution in [-0.4, -0.2) is 57.4 Å². The van der Waals surface area contributed by atoms with Crippen molar-refractivity contribution in [1.82, 2.24) is 0 Å². The predicted octanol–water partition coefficient (Wildman–Crippen LogP) is 2.88. The minimum absolute atomic E-state index is 0.0995. The second kappa shape index (κ2) is 12.1. The molecular formula is C22H27NO8S. The van der Waals surface area contributed by atoms with Gasteiger partial charge in [0.15, 0.2) is 6.10 Å². The van der Waals surface area contributed by atoms with Gasteiger partial charge in [0.2, 0.25) is 0 Å². The van der Waals surface area contributed by atoms with Gasteiger partial charge < -0.3 is 23.6 Å². The second-order valence-corrected chi connectivity index (χ2v) is 8.26. The Balaban J connectivity index is 2.05. The number of carboxylic acid groups (broad SMARTS) is 1. The standard InChI is InChI=1S/C22H27NO8S/c1-4-28-21(22(24)25)14-16-6-10-18(11-7-16)29-15-20(23-30-5-2)17-8-12-19(13-9-17)31-32(3,26)27/h6-13,21H,4-5,14-15H2,1-3H3,(H,24,25)/b23-20+. The summed E-state index contributed by atoms with van der Waals surface area (Å²) in [6.07, 6.45) is 0.328. The van der Waals surface area contributed by atoms with Crippen molar-refractivity contribution in [2.24, 2.45) is 5.16 Å². The number of nitrogens with zero attached hydrogens (tertiary/aromatic N) is 1. The number of ether oxygens (including phenoxy) is 2. The molecule has 174 valence electrons. The van der Waals surface area contributed by atoms with Gasteiger partial charge >= 0.3 is 16.1 Å². The largest absolute Gasteiger partial charge is 0.487 e. The summed E-state index contributed by atoms with van der Waals surface area (Å²) in [6, 6.07) is 13.4. The highest BCUT2D eigenvalue weighted by Crippen LogP contribution is 2.17. The minimum Gasteiger partial charge on any atom is -0.487 e. The molecule has 0 spiro atoms. The quantitative estimate of drug-likeness (QED) is 0.272. The van der Waals surface area contributed by atoms with E-state index in [9.17, 15) is 18.3 Å². The van der Waals surface area contributed by atoms with Crippen molar-refractivity contribution in [3.63, 3.8) is 0 Å². The average Bonchev–Trinajstić information content (AvgIpc) is 2.74. The number of benzene rings is 2. The molecule has 0 saturated carbocycles. The van der Waals surface area contributed by atoms with Crippen molar-refractivity contribution in [2.45, 2.75) is 26.4 Å². The molecule has 0 aromatic heterocycles. The van der Waals surface area contributed by atoms with Crippen molar-refractivity contribution >= 4 is 21.8 Å². The summed E-state index contributed by atoms with van der Waals surface area (Å²) in [5.74, 6) is -0.245. The van der Waals surface area contributed by atoms with Gasteiger partial charge in [-0.25, -0.2) is 4.79 Å². The van der Waals surface area contributed by atoms with E-state index in [0.717, 1.165) is 11.8 Å². The van der Waals surface area contributed by atoms with E-state index in [1.165, 1.54) is 12.1 Å². The van der Waals surface area contributed by atoms with Crippen LogP contribution in [0.15, 0.2) is 53.7 Å². The SMILES string of the molecule is CCO/N=C(\COc1ccc(CC(OCC)C(=O)O)cc1)c1ccc(OS(C)(=O)=O)cc1. The fourth-order valence-corrected chi connectivity index (χ4v) is 3.15. The molecule has 9 nitrogen and oxygen atoms in total. The van der Waals surface area contributed by atoms with Gasteiger partial charge in [0.25, 0.3) is 0 Å². The highest BCUT2D eigenvalue weighted by molar-refractivity contribution is 7.86. The first-order valence-corrected chi connectivity index (χ1v) is 11.8. The second-order valence-electron chi connectivity index (χ2n) is 6.69. The Bertz CT molecular complexity index is 1000. The molecule has 0 aliphatic carbocycles. The molecule has 0 aliphatic rings. The number of carboxylic acids is 1. The molecule has 0 saturated heterocycles. The van der Waals surface area contributed by atoms with Crippen LogP contribution in [-0.2, 0) is 30.9 Å². The van der Waals surface area contributed by atoms with Gasteiger partial charge in [-0.05, 0) is 55.8 Å². The highest BCUT2D eigenvalue weighted by Gasteiger charge is 2.18. The summed E-state index contributed by atoms with van der Waals surface area (Å²) in [7, 11) is -3.61. The molecule has 1 N–H and O–H groups in total. The van der Waals surface area contributed by atoms with Crippen LogP contribution in [0.1, 0.15) is 25.0 Å². The molecule has 0 bridgehead atoms. The maximum Gasteiger partial charge on any atom is 0.333 e. The third-order valence-electron chi connectivity index (χ3n) is 4.10. The fourth-order valence-electron chi connectivity index (χ4n) is 2.69. The van der Waals surface area contributed by atoms with Crippen LogP contribution >= 0.6 is 0 Å². The summed E-state index contributed by atoms with van der Waals surface area (Å²) in [5.41, 5.74) is 1.99. The van der Waals surface area contributed by atoms with Crippen LogP contribution in [0.25, 0.3) is 0 Å². The van der Waals surface area contributed by atoms with Crippen LogP contribution in [0.4, 0.5) is 0 Å². The molecule has 0 radical (unpaired) electrons. The molecule has 1 atom stereocenters. The molecule has 0 amide bonds. The first-order valence-electron chi connectivity index (χ1n) is 9.96. The molecule has 2 aromatic carbocycles. The van der Waals surface area contributed by atoms with Gasteiger partial charge in [-0.3, -0.25) is 0 Å². The van der Waals surface area contributed by atoms with Crippen molar-refractivity contribution in [3.05, 3.63) is 59.7 Å². The van der Waals surface area contributed by atoms with Gasteiger partial charge in [-0.1, -0.05) is 17.3 Å². The summed E-state index contributed by atoms with van der Waals surface area (Å²) in [5, 5.41) is 13.3. The number of hydrogen-bond acceptors (Lipinski definition) is 8. The van der Waals surface area contributed by atoms with Crippen LogP contribution < -0.4 is 8.92 Å². The van der Waals surface area contributed by atoms with E-state index >= 15 is 0 Å². The van der Waals surface area contributed by atoms with E-state index in [1.807, 2.05) is 0 Å². The Labute approximate surface area is 187 Å². The molecule has 0 aliphatic heterocycles. The van der Waals surface area contributed by atoms with E-state index in [2.05, 4.69) is 5.16 Å². The van der Waals surface area contributed by atoms with E-state index < -0.39 is 22.2 Å². The molecule has 2 rings (SSSR count). The van der Waals surface area contributed by atoms with Gasteiger partial charge in [0.05, 0.1) is 6.26 Å². The molecule has 2 aromatic rings. The zero-order valence-electron chi connectivity index (χ0n) is 18.2. The van der Waals surface area contributed by atoms with Crippen molar-refractivity contribution in [2.75, 3.05) is 26.1 Å². The lowest BCUT2D eigenvalue weighted by molar-refractivity contribution is -0.149. The van der Waals surface area contributed by atoms with Crippen LogP contribution in [0.3, 0.4) is 0 Å². The topological polar surface area (TPSA) is 121 Å². The summed E-state index contributed by atoms with van der Waals surface area (Å²) in [6.45, 7) is 4.35. The Hall–Kier alpha value is -3.11. The predicted molar refractivity (Wildman–Crippen MR) is 119 cm³/mol. The Morgan fingerprint density at radius 1 is 1.00 bits per heavy atom. The van der Waals surface area contributed by atoms with Crippen molar-refractivity contribution in [3.8, 4) is 11.5 Å². The maximum atomic E-state index is 11.2. The number of rotatable bonds is 13. The fraction of sp³-hybridized carbons (Fsp3) is 0.364. The van der Waals surface area contributed by atoms with Gasteiger partial charge in [-0.2, -0.15) is 8.42 Å². The highest BCUT2D eigenvalue weighted by atomic mass is 32.2. The molecule has 1 unspecified atom stereocenters. The molecule has 0 fully saturated rings. The average molecular weight is 466 g/mol. The summed E-state index contributed by atoms with van der Waals surface area (Å²) >= 11 is 0. The third-order valence-corrected chi connectivity index (χ3v) is 4.60. The van der Waals surface area contributed by atoms with E-state index in [-0.39, 0.29) is 18.8 Å². The van der Waals surface area contributed by atoms with Gasteiger partial charge in [-0.15, -0.1) is 0 Å². The zero-order chi connectivity index (χ0) is 23.6. The van der Waals surface area contributed by atoms with E-state index in [4.69, 9.17) is 18.5 Å². The third kappa shape index (κ3) is 8.56. The smallest absolute Gasteiger partial charge is 0.333 e. The first kappa shape index (κ1) is 25.2. The molecule has 0 heterocycles. The Kier molecular flexibility index (Phi) is 9.48. The lowest BCUT2D eigenvalue weighted by Gasteiger charge is -2.13. The summed E-state index contributed by atoms with van der Waals surface area (Å²) in [4.78, 5) is 16.4. The van der Waals surface area contributed by atoms with Crippen LogP contribution in [0, 0.1) is 0 Å². The van der Waals surface area contributed by atoms with Gasteiger partial charge in [0.1, 0.15) is 30.4 Å². The van der Waals surface area contributed by atoms with Gasteiger partial charge in [0, 0.05) is 18.6 Å². The van der Waals surface area contributed by atoms with E-state index in [1.54, 1.807) is 50.2 Å². The van der Waals surface area contributed by atoms with E-state index in [0.29, 0.717) is 30.2 Å². The molecule has 32 heavy (non-hydrogen) atoms. The maximum absolute atomic E-state index is 11.2. The normalized spacial score (nSPS) is 12.8. The van der Waals surface area contributed by atoms with Crippen molar-refractivity contribution < 1.29 is 36.8 Å². The molecule has 10 heteroatoms. The monoisotopic (exact) mass is 465 g/mol. The Morgan fingerprint density at radius 3 is 2.16 bits per heavy atom. The number of carbonyl (C=O) groups is 1. The minimum atomic E-state index is -3.61.